The number of carbonyl (C=O) groups is 1. The van der Waals surface area contributed by atoms with Crippen molar-refractivity contribution in [3.05, 3.63) is 53.3 Å². The molecule has 1 aliphatic heterocycles. The number of carbonyl (C=O) groups excluding carboxylic acids is 1. The summed E-state index contributed by atoms with van der Waals surface area (Å²) in [5.41, 5.74) is 3.51. The van der Waals surface area contributed by atoms with Crippen LogP contribution in [0.4, 0.5) is 4.79 Å². The lowest BCUT2D eigenvalue weighted by atomic mass is 9.84. The molecule has 174 valence electrons. The minimum atomic E-state index is -0.438. The molecule has 4 rings (SSSR count). The molecule has 2 aromatic rings. The molecule has 1 amide bonds. The maximum atomic E-state index is 12.0. The molecule has 1 fully saturated rings. The number of rotatable bonds is 6. The second-order valence-corrected chi connectivity index (χ2v) is 10.5. The topological polar surface area (TPSA) is 59.4 Å². The van der Waals surface area contributed by atoms with E-state index in [0.29, 0.717) is 0 Å². The van der Waals surface area contributed by atoms with Crippen molar-refractivity contribution in [2.24, 2.45) is 5.92 Å². The van der Waals surface area contributed by atoms with Crippen LogP contribution in [0.2, 0.25) is 0 Å². The number of alkyl carbamates (subject to hydrolysis) is 1. The monoisotopic (exact) mass is 438 g/mol. The van der Waals surface area contributed by atoms with Crippen molar-refractivity contribution in [3.63, 3.8) is 0 Å². The van der Waals surface area contributed by atoms with E-state index in [2.05, 4.69) is 51.4 Å². The van der Waals surface area contributed by atoms with Gasteiger partial charge in [0.1, 0.15) is 5.60 Å². The number of ether oxygens (including phenoxy) is 1. The van der Waals surface area contributed by atoms with Gasteiger partial charge in [-0.25, -0.2) is 4.79 Å². The number of amides is 1. The largest absolute Gasteiger partial charge is 0.444 e. The molecule has 1 N–H and O–H groups in total. The molecule has 0 saturated heterocycles. The Bertz CT molecular complexity index is 879. The molecule has 2 aliphatic rings. The van der Waals surface area contributed by atoms with Crippen LogP contribution in [0.3, 0.4) is 0 Å². The molecule has 0 atom stereocenters. The molecule has 2 heterocycles. The molecular weight excluding hydrogens is 400 g/mol. The molecule has 0 radical (unpaired) electrons. The average Bonchev–Trinajstić information content (AvgIpc) is 3.14. The maximum absolute atomic E-state index is 12.0. The Morgan fingerprint density at radius 1 is 1.16 bits per heavy atom. The summed E-state index contributed by atoms with van der Waals surface area (Å²) in [7, 11) is 0. The Hall–Kier alpha value is -2.34. The van der Waals surface area contributed by atoms with Gasteiger partial charge in [0.2, 0.25) is 0 Å². The van der Waals surface area contributed by atoms with E-state index in [-0.39, 0.29) is 12.1 Å². The molecule has 6 heteroatoms. The molecule has 0 spiro atoms. The first-order valence-corrected chi connectivity index (χ1v) is 12.1. The van der Waals surface area contributed by atoms with Gasteiger partial charge in [0.25, 0.3) is 0 Å². The third kappa shape index (κ3) is 6.58. The van der Waals surface area contributed by atoms with E-state index in [1.165, 1.54) is 36.1 Å². The van der Waals surface area contributed by atoms with E-state index in [1.54, 1.807) is 0 Å². The first-order valence-electron chi connectivity index (χ1n) is 12.1. The Morgan fingerprint density at radius 3 is 2.62 bits per heavy atom. The van der Waals surface area contributed by atoms with Gasteiger partial charge in [-0.15, -0.1) is 0 Å². The normalized spacial score (nSPS) is 21.7. The van der Waals surface area contributed by atoms with E-state index in [0.717, 1.165) is 51.4 Å². The molecule has 1 aromatic heterocycles. The average molecular weight is 439 g/mol. The number of nitrogens with one attached hydrogen (secondary N) is 1. The highest BCUT2D eigenvalue weighted by atomic mass is 16.6. The summed E-state index contributed by atoms with van der Waals surface area (Å²) in [6.07, 6.45) is 8.76. The van der Waals surface area contributed by atoms with Crippen LogP contribution in [0.15, 0.2) is 36.5 Å². The summed E-state index contributed by atoms with van der Waals surface area (Å²) in [6.45, 7) is 9.78. The van der Waals surface area contributed by atoms with E-state index in [1.807, 2.05) is 20.8 Å². The number of fused-ring (bicyclic) bond motifs is 1. The fourth-order valence-electron chi connectivity index (χ4n) is 4.89. The highest BCUT2D eigenvalue weighted by Gasteiger charge is 2.26. The lowest BCUT2D eigenvalue weighted by molar-refractivity contribution is 0.0485. The number of hydrogen-bond acceptors (Lipinski definition) is 4. The molecule has 1 saturated carbocycles. The van der Waals surface area contributed by atoms with Crippen molar-refractivity contribution in [2.45, 2.75) is 84.0 Å². The lowest BCUT2D eigenvalue weighted by Crippen LogP contribution is -2.41. The van der Waals surface area contributed by atoms with E-state index in [4.69, 9.17) is 9.84 Å². The summed E-state index contributed by atoms with van der Waals surface area (Å²) in [4.78, 5) is 14.6. The van der Waals surface area contributed by atoms with Gasteiger partial charge in [-0.05, 0) is 82.9 Å². The summed E-state index contributed by atoms with van der Waals surface area (Å²) in [6, 6.07) is 10.8. The van der Waals surface area contributed by atoms with Crippen molar-refractivity contribution in [3.8, 4) is 0 Å². The lowest BCUT2D eigenvalue weighted by Gasteiger charge is -2.32. The first kappa shape index (κ1) is 22.8. The van der Waals surface area contributed by atoms with Crippen LogP contribution in [0.25, 0.3) is 0 Å². The Morgan fingerprint density at radius 2 is 1.91 bits per heavy atom. The standard InChI is InChI=1S/C26H38N4O2/c1-26(2,3)32-25(31)27-23-11-9-20(10-12-23)13-15-29-16-14-22-18-30(28-24(22)19-29)17-21-7-5-4-6-8-21/h4-8,18,20,23H,9-17,19H2,1-3H3,(H,27,31). The summed E-state index contributed by atoms with van der Waals surface area (Å²) >= 11 is 0. The predicted octanol–water partition coefficient (Wildman–Crippen LogP) is 4.76. The fourth-order valence-corrected chi connectivity index (χ4v) is 4.89. The van der Waals surface area contributed by atoms with Gasteiger partial charge >= 0.3 is 6.09 Å². The van der Waals surface area contributed by atoms with Crippen LogP contribution < -0.4 is 5.32 Å². The second kappa shape index (κ2) is 10.1. The zero-order valence-corrected chi connectivity index (χ0v) is 19.8. The zero-order chi connectivity index (χ0) is 22.6. The fraction of sp³-hybridized carbons (Fsp3) is 0.615. The van der Waals surface area contributed by atoms with Crippen molar-refractivity contribution in [1.29, 1.82) is 0 Å². The van der Waals surface area contributed by atoms with Crippen LogP contribution in [-0.2, 0) is 24.2 Å². The van der Waals surface area contributed by atoms with Crippen molar-refractivity contribution in [1.82, 2.24) is 20.0 Å². The number of hydrogen-bond donors (Lipinski definition) is 1. The smallest absolute Gasteiger partial charge is 0.407 e. The van der Waals surface area contributed by atoms with Gasteiger partial charge in [0, 0.05) is 25.3 Å². The van der Waals surface area contributed by atoms with Gasteiger partial charge in [0.15, 0.2) is 0 Å². The van der Waals surface area contributed by atoms with Crippen LogP contribution in [0.1, 0.15) is 69.7 Å². The van der Waals surface area contributed by atoms with Gasteiger partial charge in [-0.2, -0.15) is 5.10 Å². The van der Waals surface area contributed by atoms with Crippen LogP contribution in [0.5, 0.6) is 0 Å². The Balaban J connectivity index is 1.18. The molecular formula is C26H38N4O2. The maximum Gasteiger partial charge on any atom is 0.407 e. The zero-order valence-electron chi connectivity index (χ0n) is 19.8. The quantitative estimate of drug-likeness (QED) is 0.706. The van der Waals surface area contributed by atoms with Gasteiger partial charge in [-0.3, -0.25) is 9.58 Å². The van der Waals surface area contributed by atoms with E-state index >= 15 is 0 Å². The van der Waals surface area contributed by atoms with Crippen molar-refractivity contribution in [2.75, 3.05) is 13.1 Å². The summed E-state index contributed by atoms with van der Waals surface area (Å²) in [5, 5.41) is 7.93. The summed E-state index contributed by atoms with van der Waals surface area (Å²) in [5.74, 6) is 0.753. The SMILES string of the molecule is CC(C)(C)OC(=O)NC1CCC(CCN2CCc3cn(Cc4ccccc4)nc3C2)CC1. The molecule has 1 aliphatic carbocycles. The number of nitrogens with zero attached hydrogens (tertiary/aromatic N) is 3. The third-order valence-electron chi connectivity index (χ3n) is 6.60. The molecule has 6 nitrogen and oxygen atoms in total. The van der Waals surface area contributed by atoms with Crippen molar-refractivity contribution < 1.29 is 9.53 Å². The second-order valence-electron chi connectivity index (χ2n) is 10.5. The predicted molar refractivity (Wildman–Crippen MR) is 126 cm³/mol. The highest BCUT2D eigenvalue weighted by Crippen LogP contribution is 2.28. The molecule has 1 aromatic carbocycles. The van der Waals surface area contributed by atoms with Gasteiger partial charge in [-0.1, -0.05) is 30.3 Å². The minimum absolute atomic E-state index is 0.257. The number of aromatic nitrogens is 2. The van der Waals surface area contributed by atoms with Gasteiger partial charge in [0.05, 0.1) is 12.2 Å². The van der Waals surface area contributed by atoms with E-state index < -0.39 is 5.60 Å². The van der Waals surface area contributed by atoms with Gasteiger partial charge < -0.3 is 10.1 Å². The highest BCUT2D eigenvalue weighted by molar-refractivity contribution is 5.68. The Kier molecular flexibility index (Phi) is 7.19. The van der Waals surface area contributed by atoms with Crippen molar-refractivity contribution >= 4 is 6.09 Å². The Labute approximate surface area is 192 Å². The van der Waals surface area contributed by atoms with E-state index in [9.17, 15) is 4.79 Å². The molecule has 0 bridgehead atoms. The number of benzene rings is 1. The minimum Gasteiger partial charge on any atom is -0.444 e. The first-order chi connectivity index (χ1) is 15.3. The third-order valence-corrected chi connectivity index (χ3v) is 6.60. The molecule has 32 heavy (non-hydrogen) atoms. The van der Waals surface area contributed by atoms with Crippen LogP contribution in [0, 0.1) is 5.92 Å². The summed E-state index contributed by atoms with van der Waals surface area (Å²) < 4.78 is 7.49. The van der Waals surface area contributed by atoms with Crippen LogP contribution >= 0.6 is 0 Å². The van der Waals surface area contributed by atoms with Crippen LogP contribution in [-0.4, -0.2) is 45.5 Å². The molecule has 0 unspecified atom stereocenters.